The minimum atomic E-state index is 0.402. The molecule has 1 aromatic rings. The summed E-state index contributed by atoms with van der Waals surface area (Å²) in [7, 11) is 0. The highest BCUT2D eigenvalue weighted by Crippen LogP contribution is 2.06. The molecule has 0 aliphatic heterocycles. The van der Waals surface area contributed by atoms with Gasteiger partial charge in [-0.3, -0.25) is 0 Å². The van der Waals surface area contributed by atoms with Gasteiger partial charge in [0.1, 0.15) is 10.8 Å². The van der Waals surface area contributed by atoms with E-state index in [0.29, 0.717) is 4.99 Å². The molecule has 0 aliphatic carbocycles. The maximum Gasteiger partial charge on any atom is 0.126 e. The van der Waals surface area contributed by atoms with E-state index in [1.165, 1.54) is 0 Å². The van der Waals surface area contributed by atoms with Gasteiger partial charge in [0.2, 0.25) is 0 Å². The quantitative estimate of drug-likeness (QED) is 0.720. The minimum absolute atomic E-state index is 0.402. The summed E-state index contributed by atoms with van der Waals surface area (Å²) in [4.78, 5) is 6.98. The van der Waals surface area contributed by atoms with Crippen LogP contribution < -0.4 is 11.1 Å². The van der Waals surface area contributed by atoms with E-state index in [2.05, 4.69) is 29.0 Å². The fraction of sp³-hybridized carbons (Fsp3) is 0.500. The Kier molecular flexibility index (Phi) is 5.86. The van der Waals surface area contributed by atoms with Crippen molar-refractivity contribution >= 4 is 23.0 Å². The Bertz CT molecular complexity index is 363. The van der Waals surface area contributed by atoms with Crippen LogP contribution in [0.3, 0.4) is 0 Å². The molecule has 0 bridgehead atoms. The van der Waals surface area contributed by atoms with Gasteiger partial charge < -0.3 is 16.0 Å². The average molecular weight is 252 g/mol. The zero-order valence-electron chi connectivity index (χ0n) is 10.4. The molecule has 4 nitrogen and oxygen atoms in total. The highest BCUT2D eigenvalue weighted by molar-refractivity contribution is 7.80. The fourth-order valence-corrected chi connectivity index (χ4v) is 1.69. The van der Waals surface area contributed by atoms with Gasteiger partial charge in [-0.15, -0.1) is 0 Å². The molecule has 0 saturated carbocycles. The Morgan fingerprint density at radius 3 is 2.76 bits per heavy atom. The summed E-state index contributed by atoms with van der Waals surface area (Å²) >= 11 is 4.93. The third-order valence-electron chi connectivity index (χ3n) is 2.67. The molecule has 3 N–H and O–H groups in total. The van der Waals surface area contributed by atoms with Gasteiger partial charge in [0.15, 0.2) is 0 Å². The van der Waals surface area contributed by atoms with E-state index in [0.717, 1.165) is 37.6 Å². The summed E-state index contributed by atoms with van der Waals surface area (Å²) in [6, 6.07) is 3.70. The molecule has 0 aliphatic rings. The molecule has 0 spiro atoms. The van der Waals surface area contributed by atoms with E-state index in [4.69, 9.17) is 18.0 Å². The molecule has 0 atom stereocenters. The van der Waals surface area contributed by atoms with Gasteiger partial charge in [-0.2, -0.15) is 0 Å². The van der Waals surface area contributed by atoms with Gasteiger partial charge in [-0.05, 0) is 25.2 Å². The smallest absolute Gasteiger partial charge is 0.126 e. The SMILES string of the molecule is CCN(CC)CCNc1cc(C(N)=S)ccn1. The molecule has 17 heavy (non-hydrogen) atoms. The van der Waals surface area contributed by atoms with Crippen LogP contribution in [-0.2, 0) is 0 Å². The summed E-state index contributed by atoms with van der Waals surface area (Å²) < 4.78 is 0. The Morgan fingerprint density at radius 2 is 2.18 bits per heavy atom. The minimum Gasteiger partial charge on any atom is -0.389 e. The molecule has 1 heterocycles. The summed E-state index contributed by atoms with van der Waals surface area (Å²) in [5, 5.41) is 3.27. The van der Waals surface area contributed by atoms with Crippen molar-refractivity contribution in [3.63, 3.8) is 0 Å². The van der Waals surface area contributed by atoms with Gasteiger partial charge in [0.25, 0.3) is 0 Å². The Hall–Kier alpha value is -1.20. The predicted molar refractivity (Wildman–Crippen MR) is 76.4 cm³/mol. The first-order valence-electron chi connectivity index (χ1n) is 5.89. The van der Waals surface area contributed by atoms with E-state index < -0.39 is 0 Å². The Balaban J connectivity index is 2.46. The van der Waals surface area contributed by atoms with Gasteiger partial charge in [-0.25, -0.2) is 4.98 Å². The van der Waals surface area contributed by atoms with Crippen LogP contribution in [0.1, 0.15) is 19.4 Å². The van der Waals surface area contributed by atoms with E-state index in [1.807, 2.05) is 12.1 Å². The number of nitrogens with zero attached hydrogens (tertiary/aromatic N) is 2. The molecule has 0 radical (unpaired) electrons. The second kappa shape index (κ2) is 7.19. The lowest BCUT2D eigenvalue weighted by Gasteiger charge is -2.18. The van der Waals surface area contributed by atoms with Gasteiger partial charge >= 0.3 is 0 Å². The number of anilines is 1. The highest BCUT2D eigenvalue weighted by atomic mass is 32.1. The third kappa shape index (κ3) is 4.66. The number of hydrogen-bond donors (Lipinski definition) is 2. The predicted octanol–water partition coefficient (Wildman–Crippen LogP) is 1.47. The van der Waals surface area contributed by atoms with Crippen molar-refractivity contribution in [2.75, 3.05) is 31.5 Å². The maximum atomic E-state index is 5.57. The zero-order valence-corrected chi connectivity index (χ0v) is 11.3. The summed E-state index contributed by atoms with van der Waals surface area (Å²) in [5.41, 5.74) is 6.42. The summed E-state index contributed by atoms with van der Waals surface area (Å²) in [6.07, 6.45) is 1.72. The molecule has 1 rings (SSSR count). The summed E-state index contributed by atoms with van der Waals surface area (Å²) in [5.74, 6) is 0.822. The first-order valence-corrected chi connectivity index (χ1v) is 6.30. The molecule has 0 unspecified atom stereocenters. The van der Waals surface area contributed by atoms with Crippen LogP contribution in [0, 0.1) is 0 Å². The average Bonchev–Trinajstić information content (AvgIpc) is 2.35. The van der Waals surface area contributed by atoms with Gasteiger partial charge in [-0.1, -0.05) is 26.1 Å². The lowest BCUT2D eigenvalue weighted by molar-refractivity contribution is 0.316. The number of rotatable bonds is 7. The normalized spacial score (nSPS) is 10.5. The topological polar surface area (TPSA) is 54.2 Å². The number of nitrogens with two attached hydrogens (primary N) is 1. The van der Waals surface area contributed by atoms with Crippen molar-refractivity contribution in [1.29, 1.82) is 0 Å². The van der Waals surface area contributed by atoms with Crippen LogP contribution >= 0.6 is 12.2 Å². The van der Waals surface area contributed by atoms with Crippen molar-refractivity contribution in [2.45, 2.75) is 13.8 Å². The molecule has 94 valence electrons. The van der Waals surface area contributed by atoms with Crippen LogP contribution in [0.2, 0.25) is 0 Å². The van der Waals surface area contributed by atoms with Crippen molar-refractivity contribution in [2.24, 2.45) is 5.73 Å². The molecule has 5 heteroatoms. The second-order valence-corrected chi connectivity index (χ2v) is 4.19. The van der Waals surface area contributed by atoms with Gasteiger partial charge in [0, 0.05) is 24.8 Å². The van der Waals surface area contributed by atoms with Crippen LogP contribution in [0.25, 0.3) is 0 Å². The lowest BCUT2D eigenvalue weighted by atomic mass is 10.2. The summed E-state index contributed by atoms with van der Waals surface area (Å²) in [6.45, 7) is 8.34. The molecule has 0 aromatic carbocycles. The zero-order chi connectivity index (χ0) is 12.7. The maximum absolute atomic E-state index is 5.57. The number of hydrogen-bond acceptors (Lipinski definition) is 4. The molecule has 0 amide bonds. The largest absolute Gasteiger partial charge is 0.389 e. The molecular formula is C12H20N4S. The molecular weight excluding hydrogens is 232 g/mol. The fourth-order valence-electron chi connectivity index (χ4n) is 1.56. The van der Waals surface area contributed by atoms with E-state index in [1.54, 1.807) is 6.20 Å². The number of likely N-dealkylation sites (N-methyl/N-ethyl adjacent to an activating group) is 1. The monoisotopic (exact) mass is 252 g/mol. The van der Waals surface area contributed by atoms with Gasteiger partial charge in [0.05, 0.1) is 0 Å². The van der Waals surface area contributed by atoms with Crippen molar-refractivity contribution in [3.05, 3.63) is 23.9 Å². The number of pyridine rings is 1. The molecule has 1 aromatic heterocycles. The Morgan fingerprint density at radius 1 is 1.47 bits per heavy atom. The van der Waals surface area contributed by atoms with Crippen LogP contribution in [0.15, 0.2) is 18.3 Å². The van der Waals surface area contributed by atoms with E-state index >= 15 is 0 Å². The van der Waals surface area contributed by atoms with Crippen LogP contribution in [0.4, 0.5) is 5.82 Å². The Labute approximate surface area is 108 Å². The number of thiocarbonyl (C=S) groups is 1. The standard InChI is InChI=1S/C12H20N4S/c1-3-16(4-2)8-7-15-11-9-10(12(13)17)5-6-14-11/h5-6,9H,3-4,7-8H2,1-2H3,(H2,13,17)(H,14,15). The first-order chi connectivity index (χ1) is 8.17. The van der Waals surface area contributed by atoms with E-state index in [-0.39, 0.29) is 0 Å². The highest BCUT2D eigenvalue weighted by Gasteiger charge is 2.01. The third-order valence-corrected chi connectivity index (χ3v) is 2.91. The number of nitrogens with one attached hydrogen (secondary N) is 1. The van der Waals surface area contributed by atoms with Crippen molar-refractivity contribution < 1.29 is 0 Å². The first kappa shape index (κ1) is 13.9. The molecule has 0 fully saturated rings. The second-order valence-electron chi connectivity index (χ2n) is 3.75. The van der Waals surface area contributed by atoms with E-state index in [9.17, 15) is 0 Å². The molecule has 0 saturated heterocycles. The van der Waals surface area contributed by atoms with Crippen molar-refractivity contribution in [1.82, 2.24) is 9.88 Å². The van der Waals surface area contributed by atoms with Crippen LogP contribution in [0.5, 0.6) is 0 Å². The van der Waals surface area contributed by atoms with Crippen LogP contribution in [-0.4, -0.2) is 41.1 Å². The number of aromatic nitrogens is 1. The lowest BCUT2D eigenvalue weighted by Crippen LogP contribution is -2.28. The van der Waals surface area contributed by atoms with Crippen molar-refractivity contribution in [3.8, 4) is 0 Å².